The highest BCUT2D eigenvalue weighted by molar-refractivity contribution is 9.11. The molecule has 3 N–H and O–H groups in total. The quantitative estimate of drug-likeness (QED) is 0.783. The zero-order valence-corrected chi connectivity index (χ0v) is 16.7. The van der Waals surface area contributed by atoms with E-state index in [-0.39, 0.29) is 35.7 Å². The molecule has 1 aromatic rings. The number of rotatable bonds is 3. The molecule has 2 unspecified atom stereocenters. The van der Waals surface area contributed by atoms with Crippen LogP contribution >= 0.6 is 39.7 Å². The van der Waals surface area contributed by atoms with Crippen molar-refractivity contribution in [3.8, 4) is 0 Å². The number of likely N-dealkylation sites (tertiary alicyclic amines) is 1. The van der Waals surface area contributed by atoms with Crippen LogP contribution in [0.1, 0.15) is 36.9 Å². The fourth-order valence-corrected chi connectivity index (χ4v) is 3.89. The normalized spacial score (nSPS) is 21.3. The van der Waals surface area contributed by atoms with Crippen LogP contribution in [0.15, 0.2) is 15.9 Å². The number of hydrogen-bond donors (Lipinski definition) is 2. The second kappa shape index (κ2) is 7.96. The summed E-state index contributed by atoms with van der Waals surface area (Å²) in [5.74, 6) is -0.270. The molecule has 0 radical (unpaired) electrons. The minimum atomic E-state index is -0.543. The maximum atomic E-state index is 12.5. The van der Waals surface area contributed by atoms with Crippen molar-refractivity contribution in [2.45, 2.75) is 39.3 Å². The maximum absolute atomic E-state index is 12.5. The lowest BCUT2D eigenvalue weighted by Gasteiger charge is -2.43. The van der Waals surface area contributed by atoms with E-state index in [1.54, 1.807) is 17.9 Å². The molecule has 2 amide bonds. The molecular weight excluding hydrogens is 402 g/mol. The summed E-state index contributed by atoms with van der Waals surface area (Å²) in [6, 6.07) is 3.12. The van der Waals surface area contributed by atoms with Gasteiger partial charge < -0.3 is 16.0 Å². The van der Waals surface area contributed by atoms with E-state index in [4.69, 9.17) is 5.73 Å². The number of carbonyl (C=O) groups is 2. The zero-order chi connectivity index (χ0) is 16.5. The van der Waals surface area contributed by atoms with Crippen molar-refractivity contribution in [3.05, 3.63) is 20.8 Å². The van der Waals surface area contributed by atoms with Gasteiger partial charge in [0.1, 0.15) is 6.04 Å². The minimum absolute atomic E-state index is 0. The van der Waals surface area contributed by atoms with Gasteiger partial charge in [-0.1, -0.05) is 13.8 Å². The van der Waals surface area contributed by atoms with E-state index < -0.39 is 6.04 Å². The van der Waals surface area contributed by atoms with Crippen LogP contribution in [0, 0.1) is 5.41 Å². The van der Waals surface area contributed by atoms with Crippen molar-refractivity contribution < 1.29 is 9.59 Å². The Morgan fingerprint density at radius 3 is 2.65 bits per heavy atom. The highest BCUT2D eigenvalue weighted by atomic mass is 79.9. The monoisotopic (exact) mass is 423 g/mol. The Morgan fingerprint density at radius 2 is 2.13 bits per heavy atom. The molecule has 8 heteroatoms. The fraction of sp³-hybridized carbons (Fsp3) is 0.600. The number of hydrogen-bond acceptors (Lipinski definition) is 4. The molecule has 0 saturated carbocycles. The lowest BCUT2D eigenvalue weighted by Crippen LogP contribution is -2.57. The van der Waals surface area contributed by atoms with Gasteiger partial charge in [-0.2, -0.15) is 0 Å². The van der Waals surface area contributed by atoms with Gasteiger partial charge in [0.2, 0.25) is 5.91 Å². The van der Waals surface area contributed by atoms with Crippen LogP contribution in [-0.4, -0.2) is 41.9 Å². The summed E-state index contributed by atoms with van der Waals surface area (Å²) in [6.45, 7) is 7.14. The molecule has 2 heterocycles. The summed E-state index contributed by atoms with van der Waals surface area (Å²) in [4.78, 5) is 27.0. The second-order valence-electron chi connectivity index (χ2n) is 6.44. The Balaban J connectivity index is 0.00000264. The average Bonchev–Trinajstić information content (AvgIpc) is 2.87. The number of nitrogens with one attached hydrogen (secondary N) is 1. The van der Waals surface area contributed by atoms with E-state index in [9.17, 15) is 9.59 Å². The van der Waals surface area contributed by atoms with Crippen LogP contribution in [0.4, 0.5) is 0 Å². The standard InChI is InChI=1S/C15H22BrN3O2S.ClH/c1-9(18-13(20)10-4-5-12(16)22-10)14(21)19-7-6-11(17)15(2,3)8-19;/h4-5,9,11H,6-8,17H2,1-3H3,(H,18,20);1H. The summed E-state index contributed by atoms with van der Waals surface area (Å²) >= 11 is 4.68. The number of carbonyl (C=O) groups excluding carboxylic acids is 2. The first-order valence-corrected chi connectivity index (χ1v) is 8.92. The first-order chi connectivity index (χ1) is 10.2. The fourth-order valence-electron chi connectivity index (χ4n) is 2.60. The van der Waals surface area contributed by atoms with Gasteiger partial charge in [-0.3, -0.25) is 9.59 Å². The first-order valence-electron chi connectivity index (χ1n) is 7.31. The Kier molecular flexibility index (Phi) is 7.07. The maximum Gasteiger partial charge on any atom is 0.262 e. The molecule has 1 aliphatic heterocycles. The van der Waals surface area contributed by atoms with Crippen molar-refractivity contribution in [2.75, 3.05) is 13.1 Å². The Labute approximate surface area is 155 Å². The number of piperidine rings is 1. The number of thiophene rings is 1. The Hall–Kier alpha value is -0.630. The third-order valence-corrected chi connectivity index (χ3v) is 5.76. The van der Waals surface area contributed by atoms with Crippen LogP contribution in [0.5, 0.6) is 0 Å². The molecule has 5 nitrogen and oxygen atoms in total. The van der Waals surface area contributed by atoms with Crippen LogP contribution in [0.2, 0.25) is 0 Å². The minimum Gasteiger partial charge on any atom is -0.340 e. The van der Waals surface area contributed by atoms with Crippen LogP contribution < -0.4 is 11.1 Å². The molecule has 2 rings (SSSR count). The van der Waals surface area contributed by atoms with E-state index in [2.05, 4.69) is 35.1 Å². The molecular formula is C15H23BrClN3O2S. The SMILES string of the molecule is CC(NC(=O)c1ccc(Br)s1)C(=O)N1CCC(N)C(C)(C)C1.Cl. The lowest BCUT2D eigenvalue weighted by atomic mass is 9.79. The predicted molar refractivity (Wildman–Crippen MR) is 99.1 cm³/mol. The van der Waals surface area contributed by atoms with Gasteiger partial charge in [-0.25, -0.2) is 0 Å². The number of nitrogens with two attached hydrogens (primary N) is 1. The number of nitrogens with zero attached hydrogens (tertiary/aromatic N) is 1. The van der Waals surface area contributed by atoms with E-state index >= 15 is 0 Å². The largest absolute Gasteiger partial charge is 0.340 e. The molecule has 0 spiro atoms. The molecule has 130 valence electrons. The molecule has 1 aromatic heterocycles. The predicted octanol–water partition coefficient (Wildman–Crippen LogP) is 2.64. The van der Waals surface area contributed by atoms with Crippen LogP contribution in [0.25, 0.3) is 0 Å². The van der Waals surface area contributed by atoms with Crippen molar-refractivity contribution in [3.63, 3.8) is 0 Å². The van der Waals surface area contributed by atoms with Gasteiger partial charge in [0, 0.05) is 19.1 Å². The molecule has 0 aromatic carbocycles. The smallest absolute Gasteiger partial charge is 0.262 e. The summed E-state index contributed by atoms with van der Waals surface area (Å²) in [5, 5.41) is 2.77. The molecule has 0 bridgehead atoms. The van der Waals surface area contributed by atoms with Gasteiger partial charge in [0.25, 0.3) is 5.91 Å². The third-order valence-electron chi connectivity index (χ3n) is 4.14. The molecule has 0 aliphatic carbocycles. The van der Waals surface area contributed by atoms with Gasteiger partial charge in [0.05, 0.1) is 8.66 Å². The highest BCUT2D eigenvalue weighted by Crippen LogP contribution is 2.28. The molecule has 1 aliphatic rings. The summed E-state index contributed by atoms with van der Waals surface area (Å²) < 4.78 is 0.892. The second-order valence-corrected chi connectivity index (χ2v) is 8.91. The Morgan fingerprint density at radius 1 is 1.48 bits per heavy atom. The zero-order valence-electron chi connectivity index (χ0n) is 13.5. The van der Waals surface area contributed by atoms with Gasteiger partial charge in [0.15, 0.2) is 0 Å². The third kappa shape index (κ3) is 4.92. The van der Waals surface area contributed by atoms with Gasteiger partial charge >= 0.3 is 0 Å². The van der Waals surface area contributed by atoms with Gasteiger partial charge in [-0.15, -0.1) is 23.7 Å². The summed E-state index contributed by atoms with van der Waals surface area (Å²) in [5.41, 5.74) is 6.00. The number of halogens is 2. The van der Waals surface area contributed by atoms with Crippen molar-refractivity contribution in [1.82, 2.24) is 10.2 Å². The number of amides is 2. The molecule has 1 fully saturated rings. The molecule has 2 atom stereocenters. The highest BCUT2D eigenvalue weighted by Gasteiger charge is 2.36. The van der Waals surface area contributed by atoms with E-state index in [0.717, 1.165) is 10.2 Å². The van der Waals surface area contributed by atoms with Gasteiger partial charge in [-0.05, 0) is 46.8 Å². The molecule has 1 saturated heterocycles. The average molecular weight is 425 g/mol. The van der Waals surface area contributed by atoms with E-state index in [1.807, 2.05) is 6.07 Å². The Bertz CT molecular complexity index is 579. The van der Waals surface area contributed by atoms with Crippen molar-refractivity contribution in [1.29, 1.82) is 0 Å². The van der Waals surface area contributed by atoms with E-state index in [1.165, 1.54) is 11.3 Å². The lowest BCUT2D eigenvalue weighted by molar-refractivity contribution is -0.136. The summed E-state index contributed by atoms with van der Waals surface area (Å²) in [7, 11) is 0. The van der Waals surface area contributed by atoms with Crippen LogP contribution in [0.3, 0.4) is 0 Å². The summed E-state index contributed by atoms with van der Waals surface area (Å²) in [6.07, 6.45) is 0.789. The topological polar surface area (TPSA) is 75.4 Å². The van der Waals surface area contributed by atoms with Crippen LogP contribution in [-0.2, 0) is 4.79 Å². The molecule has 23 heavy (non-hydrogen) atoms. The van der Waals surface area contributed by atoms with E-state index in [0.29, 0.717) is 18.0 Å². The first kappa shape index (κ1) is 20.4. The van der Waals surface area contributed by atoms with Crippen molar-refractivity contribution in [2.24, 2.45) is 11.1 Å². The van der Waals surface area contributed by atoms with Crippen molar-refractivity contribution >= 4 is 51.5 Å².